The fourth-order valence-electron chi connectivity index (χ4n) is 9.47. The van der Waals surface area contributed by atoms with Gasteiger partial charge in [-0.25, -0.2) is 4.79 Å². The van der Waals surface area contributed by atoms with Crippen molar-refractivity contribution in [1.29, 1.82) is 0 Å². The molecule has 0 aromatic carbocycles. The van der Waals surface area contributed by atoms with Gasteiger partial charge in [0.1, 0.15) is 11.1 Å². The maximum atomic E-state index is 13.6. The van der Waals surface area contributed by atoms with Crippen molar-refractivity contribution in [3.8, 4) is 0 Å². The van der Waals surface area contributed by atoms with E-state index in [9.17, 15) is 24.0 Å². The van der Waals surface area contributed by atoms with Gasteiger partial charge >= 0.3 is 17.9 Å². The summed E-state index contributed by atoms with van der Waals surface area (Å²) in [4.78, 5) is 71.4. The van der Waals surface area contributed by atoms with Gasteiger partial charge in [-0.3, -0.25) is 19.2 Å². The Balaban J connectivity index is 1.91. The summed E-state index contributed by atoms with van der Waals surface area (Å²) in [7, 11) is 3.96. The molecule has 1 atom stereocenters. The second-order valence-corrected chi connectivity index (χ2v) is 21.7. The molecule has 0 radical (unpaired) electrons. The molecule has 0 bridgehead atoms. The van der Waals surface area contributed by atoms with Gasteiger partial charge in [0.05, 0.1) is 31.2 Å². The summed E-state index contributed by atoms with van der Waals surface area (Å²) in [5, 5.41) is 3.49. The Morgan fingerprint density at radius 2 is 1.09 bits per heavy atom. The van der Waals surface area contributed by atoms with Crippen molar-refractivity contribution in [3.05, 3.63) is 16.0 Å². The summed E-state index contributed by atoms with van der Waals surface area (Å²) < 4.78 is 17.6. The molecule has 0 spiro atoms. The highest BCUT2D eigenvalue weighted by atomic mass is 32.1. The van der Waals surface area contributed by atoms with Crippen LogP contribution in [0.3, 0.4) is 0 Å². The van der Waals surface area contributed by atoms with E-state index in [0.29, 0.717) is 68.8 Å². The minimum absolute atomic E-state index is 0.0101. The molecule has 1 unspecified atom stereocenters. The van der Waals surface area contributed by atoms with Crippen LogP contribution in [0.1, 0.15) is 273 Å². The second kappa shape index (κ2) is 41.5. The molecule has 1 aromatic rings. The minimum Gasteiger partial charge on any atom is -0.465 e. The van der Waals surface area contributed by atoms with E-state index in [0.717, 1.165) is 87.6 Å². The number of esters is 3. The average Bonchev–Trinajstić information content (AvgIpc) is 3.70. The van der Waals surface area contributed by atoms with E-state index in [1.54, 1.807) is 0 Å². The van der Waals surface area contributed by atoms with Crippen LogP contribution in [0.4, 0.5) is 5.00 Å². The third-order valence-electron chi connectivity index (χ3n) is 13.9. The number of nitrogens with one attached hydrogen (secondary N) is 1. The Morgan fingerprint density at radius 3 is 1.67 bits per heavy atom. The standard InChI is InChI=1S/C58H103N3O8S/c1-7-11-15-19-22-26-35-48(36-27-23-20-16-12-8-2)57(65)67-45-33-25-30-40-53(63)61-44-42-50-51(47-61)70-56(55(50)58(66)68-46-34-43-60(5)6)59-52(62)39-31-32-41-54(64)69-49(37-28-18-14-10-4)38-29-24-21-17-13-9-3/h48-49H,7-47H2,1-6H3,(H,59,62). The largest absolute Gasteiger partial charge is 0.465 e. The van der Waals surface area contributed by atoms with Crippen molar-refractivity contribution in [3.63, 3.8) is 0 Å². The zero-order valence-corrected chi connectivity index (χ0v) is 46.5. The first kappa shape index (κ1) is 63.1. The van der Waals surface area contributed by atoms with Crippen LogP contribution in [0.25, 0.3) is 0 Å². The lowest BCUT2D eigenvalue weighted by Gasteiger charge is -2.27. The second-order valence-electron chi connectivity index (χ2n) is 20.6. The van der Waals surface area contributed by atoms with Crippen LogP contribution < -0.4 is 5.32 Å². The van der Waals surface area contributed by atoms with Crippen LogP contribution in [0, 0.1) is 5.92 Å². The van der Waals surface area contributed by atoms with E-state index < -0.39 is 5.97 Å². The van der Waals surface area contributed by atoms with Crippen LogP contribution in [0.2, 0.25) is 0 Å². The van der Waals surface area contributed by atoms with Gasteiger partial charge < -0.3 is 29.3 Å². The maximum Gasteiger partial charge on any atom is 0.341 e. The Bertz CT molecular complexity index is 1530. The average molecular weight is 1000 g/mol. The lowest BCUT2D eigenvalue weighted by Crippen LogP contribution is -2.35. The molecule has 404 valence electrons. The van der Waals surface area contributed by atoms with Crippen molar-refractivity contribution in [2.75, 3.05) is 45.7 Å². The van der Waals surface area contributed by atoms with Gasteiger partial charge in [-0.1, -0.05) is 156 Å². The fourth-order valence-corrected chi connectivity index (χ4v) is 10.7. The van der Waals surface area contributed by atoms with Crippen LogP contribution in [0.5, 0.6) is 0 Å². The molecule has 0 saturated carbocycles. The van der Waals surface area contributed by atoms with Gasteiger partial charge in [0.25, 0.3) is 0 Å². The number of ether oxygens (including phenoxy) is 3. The van der Waals surface area contributed by atoms with Crippen LogP contribution in [0.15, 0.2) is 0 Å². The number of carbonyl (C=O) groups is 5. The topological polar surface area (TPSA) is 132 Å². The summed E-state index contributed by atoms with van der Waals surface area (Å²) >= 11 is 1.36. The number of nitrogens with zero attached hydrogens (tertiary/aromatic N) is 2. The van der Waals surface area contributed by atoms with E-state index >= 15 is 0 Å². The first-order valence-corrected chi connectivity index (χ1v) is 29.8. The molecule has 1 aliphatic rings. The molecule has 2 amide bonds. The van der Waals surface area contributed by atoms with Crippen LogP contribution >= 0.6 is 11.3 Å². The van der Waals surface area contributed by atoms with Crippen molar-refractivity contribution in [1.82, 2.24) is 9.80 Å². The SMILES string of the molecule is CCCCCCCCC(CCCCCC)OC(=O)CCCCC(=O)Nc1sc2c(c1C(=O)OCCCN(C)C)CCN(C(=O)CCCCCOC(=O)C(CCCCCCCC)CCCCCCCC)C2. The van der Waals surface area contributed by atoms with Gasteiger partial charge in [0.15, 0.2) is 0 Å². The monoisotopic (exact) mass is 1000 g/mol. The van der Waals surface area contributed by atoms with Crippen molar-refractivity contribution in [2.45, 2.75) is 271 Å². The fraction of sp³-hybridized carbons (Fsp3) is 0.845. The maximum absolute atomic E-state index is 13.6. The van der Waals surface area contributed by atoms with E-state index in [4.69, 9.17) is 14.2 Å². The number of hydrogen-bond donors (Lipinski definition) is 1. The highest BCUT2D eigenvalue weighted by Crippen LogP contribution is 2.38. The third kappa shape index (κ3) is 29.5. The normalized spacial score (nSPS) is 12.9. The summed E-state index contributed by atoms with van der Waals surface area (Å²) in [6.45, 7) is 11.2. The molecule has 70 heavy (non-hydrogen) atoms. The van der Waals surface area contributed by atoms with Crippen molar-refractivity contribution >= 4 is 46.1 Å². The van der Waals surface area contributed by atoms with Gasteiger partial charge in [-0.15, -0.1) is 11.3 Å². The van der Waals surface area contributed by atoms with Gasteiger partial charge in [-0.2, -0.15) is 0 Å². The summed E-state index contributed by atoms with van der Waals surface area (Å²) in [6, 6.07) is 0. The molecule has 12 heteroatoms. The number of fused-ring (bicyclic) bond motifs is 1. The first-order chi connectivity index (χ1) is 34.0. The van der Waals surface area contributed by atoms with E-state index in [1.165, 1.54) is 120 Å². The molecule has 1 aromatic heterocycles. The van der Waals surface area contributed by atoms with Gasteiger partial charge in [0.2, 0.25) is 11.8 Å². The summed E-state index contributed by atoms with van der Waals surface area (Å²) in [5.74, 6) is -0.831. The zero-order chi connectivity index (χ0) is 51.0. The highest BCUT2D eigenvalue weighted by molar-refractivity contribution is 7.17. The molecule has 2 rings (SSSR count). The quantitative estimate of drug-likeness (QED) is 0.0385. The molecule has 0 saturated heterocycles. The molecule has 0 aliphatic carbocycles. The smallest absolute Gasteiger partial charge is 0.341 e. The molecule has 0 fully saturated rings. The molecule has 11 nitrogen and oxygen atoms in total. The van der Waals surface area contributed by atoms with Crippen molar-refractivity contribution in [2.24, 2.45) is 5.92 Å². The number of amides is 2. The van der Waals surface area contributed by atoms with Crippen LogP contribution in [-0.4, -0.2) is 86.0 Å². The Labute approximate surface area is 431 Å². The number of rotatable bonds is 45. The van der Waals surface area contributed by atoms with Gasteiger partial charge in [0, 0.05) is 37.2 Å². The van der Waals surface area contributed by atoms with E-state index in [1.807, 2.05) is 23.9 Å². The summed E-state index contributed by atoms with van der Waals surface area (Å²) in [6.07, 6.45) is 35.6. The predicted molar refractivity (Wildman–Crippen MR) is 290 cm³/mol. The summed E-state index contributed by atoms with van der Waals surface area (Å²) in [5.41, 5.74) is 1.25. The molecular formula is C58H103N3O8S. The number of thiophene rings is 1. The lowest BCUT2D eigenvalue weighted by atomic mass is 9.94. The van der Waals surface area contributed by atoms with Crippen LogP contribution in [-0.2, 0) is 46.4 Å². The zero-order valence-electron chi connectivity index (χ0n) is 45.7. The van der Waals surface area contributed by atoms with Gasteiger partial charge in [-0.05, 0) is 103 Å². The van der Waals surface area contributed by atoms with Crippen molar-refractivity contribution < 1.29 is 38.2 Å². The van der Waals surface area contributed by atoms with E-state index in [-0.39, 0.29) is 55.2 Å². The Morgan fingerprint density at radius 1 is 0.586 bits per heavy atom. The Kier molecular flexibility index (Phi) is 37.4. The lowest BCUT2D eigenvalue weighted by molar-refractivity contribution is -0.150. The molecule has 1 N–H and O–H groups in total. The number of anilines is 1. The molecule has 1 aliphatic heterocycles. The molecular weight excluding hydrogens is 899 g/mol. The Hall–Kier alpha value is -2.99. The number of unbranched alkanes of at least 4 members (excludes halogenated alkanes) is 21. The predicted octanol–water partition coefficient (Wildman–Crippen LogP) is 15.1. The highest BCUT2D eigenvalue weighted by Gasteiger charge is 2.31. The first-order valence-electron chi connectivity index (χ1n) is 28.9. The third-order valence-corrected chi connectivity index (χ3v) is 15.0. The number of carbonyl (C=O) groups excluding carboxylic acids is 5. The minimum atomic E-state index is -0.448. The number of hydrogen-bond acceptors (Lipinski definition) is 10. The molecule has 2 heterocycles. The van der Waals surface area contributed by atoms with E-state index in [2.05, 4.69) is 33.0 Å².